The maximum atomic E-state index is 14.6. The van der Waals surface area contributed by atoms with Gasteiger partial charge in [0.1, 0.15) is 34.8 Å². The molecule has 2 fully saturated rings. The number of ether oxygens (including phenoxy) is 2. The van der Waals surface area contributed by atoms with Crippen LogP contribution in [0.15, 0.2) is 44.7 Å². The van der Waals surface area contributed by atoms with Gasteiger partial charge in [0, 0.05) is 12.1 Å². The van der Waals surface area contributed by atoms with Crippen LogP contribution in [-0.2, 0) is 16.1 Å². The molecule has 1 aromatic carbocycles. The summed E-state index contributed by atoms with van der Waals surface area (Å²) in [6, 6.07) is 3.29. The molecule has 12 heteroatoms. The Morgan fingerprint density at radius 1 is 1.17 bits per heavy atom. The first-order valence-electron chi connectivity index (χ1n) is 14.3. The Hall–Kier alpha value is -3.77. The Bertz CT molecular complexity index is 1720. The van der Waals surface area contributed by atoms with Gasteiger partial charge in [0.15, 0.2) is 0 Å². The molecule has 1 saturated heterocycles. The van der Waals surface area contributed by atoms with Gasteiger partial charge in [-0.15, -0.1) is 11.3 Å². The maximum absolute atomic E-state index is 14.6. The third kappa shape index (κ3) is 5.17. The molecule has 2 atom stereocenters. The number of piperidine rings is 1. The van der Waals surface area contributed by atoms with E-state index < -0.39 is 29.2 Å². The van der Waals surface area contributed by atoms with Gasteiger partial charge in [-0.3, -0.25) is 14.2 Å². The molecule has 10 nitrogen and oxygen atoms in total. The van der Waals surface area contributed by atoms with Crippen molar-refractivity contribution < 1.29 is 23.1 Å². The lowest BCUT2D eigenvalue weighted by Crippen LogP contribution is -2.49. The first-order chi connectivity index (χ1) is 20.4. The van der Waals surface area contributed by atoms with E-state index in [1.807, 2.05) is 0 Å². The summed E-state index contributed by atoms with van der Waals surface area (Å²) in [6.45, 7) is 2.25. The van der Waals surface area contributed by atoms with E-state index in [1.54, 1.807) is 13.0 Å². The number of halogens is 1. The van der Waals surface area contributed by atoms with Gasteiger partial charge in [0.25, 0.3) is 5.56 Å². The number of amides is 1. The molecular weight excluding hydrogens is 563 g/mol. The van der Waals surface area contributed by atoms with Crippen LogP contribution in [0.3, 0.4) is 0 Å². The molecule has 0 bridgehead atoms. The quantitative estimate of drug-likeness (QED) is 0.308. The second kappa shape index (κ2) is 11.8. The molecule has 2 aliphatic rings. The van der Waals surface area contributed by atoms with Crippen LogP contribution in [0, 0.1) is 12.7 Å². The van der Waals surface area contributed by atoms with Crippen LogP contribution in [0.2, 0.25) is 0 Å². The number of aromatic nitrogens is 3. The van der Waals surface area contributed by atoms with E-state index >= 15 is 0 Å². The number of fused-ring (bicyclic) bond motifs is 1. The zero-order valence-electron chi connectivity index (χ0n) is 23.6. The van der Waals surface area contributed by atoms with E-state index in [-0.39, 0.29) is 18.6 Å². The summed E-state index contributed by atoms with van der Waals surface area (Å²) in [5, 5.41) is 3.10. The van der Waals surface area contributed by atoms with Crippen LogP contribution in [0.5, 0.6) is 5.75 Å². The molecule has 1 N–H and O–H groups in total. The van der Waals surface area contributed by atoms with Crippen molar-refractivity contribution >= 4 is 27.5 Å². The third-order valence-corrected chi connectivity index (χ3v) is 9.54. The summed E-state index contributed by atoms with van der Waals surface area (Å²) < 4.78 is 35.0. The number of hydrogen-bond donors (Lipinski definition) is 1. The summed E-state index contributed by atoms with van der Waals surface area (Å²) in [6.07, 6.45) is 7.99. The molecule has 42 heavy (non-hydrogen) atoms. The lowest BCUT2D eigenvalue weighted by molar-refractivity contribution is -0.126. The molecule has 4 aromatic rings. The van der Waals surface area contributed by atoms with Crippen molar-refractivity contribution in [2.45, 2.75) is 76.7 Å². The largest absolute Gasteiger partial charge is 0.496 e. The van der Waals surface area contributed by atoms with Gasteiger partial charge in [-0.2, -0.15) is 0 Å². The van der Waals surface area contributed by atoms with Crippen molar-refractivity contribution in [1.82, 2.24) is 19.4 Å². The summed E-state index contributed by atoms with van der Waals surface area (Å²) in [7, 11) is 1.51. The average molecular weight is 597 g/mol. The Morgan fingerprint density at radius 3 is 2.69 bits per heavy atom. The highest BCUT2D eigenvalue weighted by atomic mass is 32.1. The summed E-state index contributed by atoms with van der Waals surface area (Å²) >= 11 is 1.22. The Balaban J connectivity index is 1.57. The van der Waals surface area contributed by atoms with Crippen LogP contribution >= 0.6 is 11.3 Å². The lowest BCUT2D eigenvalue weighted by atomic mass is 9.97. The standard InChI is InChI=1S/C30H33FN4O6S/c1-17-24-28(37)35(21-9-6-12-32-26(21)36)30(38)34(29(24)42-25(17)27-33-13-14-40-27)16-23(41-19-7-4-3-5-8-19)20-15-18(31)10-11-22(20)39-2/h10-11,13-15,19,21,23H,3-9,12,16H2,1-2H3,(H,32,36)/t21?,23-/m0/s1. The molecule has 4 heterocycles. The van der Waals surface area contributed by atoms with Crippen molar-refractivity contribution in [3.8, 4) is 16.5 Å². The van der Waals surface area contributed by atoms with E-state index in [0.29, 0.717) is 57.2 Å². The molecule has 1 saturated carbocycles. The van der Waals surface area contributed by atoms with Crippen molar-refractivity contribution in [3.63, 3.8) is 0 Å². The second-order valence-electron chi connectivity index (χ2n) is 10.9. The number of methoxy groups -OCH3 is 1. The summed E-state index contributed by atoms with van der Waals surface area (Å²) in [4.78, 5) is 46.5. The molecular formula is C30H33FN4O6S. The number of carbonyl (C=O) groups excluding carboxylic acids is 1. The number of aryl methyl sites for hydroxylation is 1. The zero-order valence-corrected chi connectivity index (χ0v) is 24.4. The predicted molar refractivity (Wildman–Crippen MR) is 156 cm³/mol. The highest BCUT2D eigenvalue weighted by molar-refractivity contribution is 7.22. The second-order valence-corrected chi connectivity index (χ2v) is 11.9. The Labute approximate surface area is 245 Å². The number of nitrogens with one attached hydrogen (secondary N) is 1. The number of oxazole rings is 1. The van der Waals surface area contributed by atoms with E-state index in [1.165, 1.54) is 47.6 Å². The molecule has 0 radical (unpaired) electrons. The minimum absolute atomic E-state index is 0.0226. The average Bonchev–Trinajstić information content (AvgIpc) is 3.64. The van der Waals surface area contributed by atoms with Crippen LogP contribution in [-0.4, -0.2) is 39.8 Å². The fraction of sp³-hybridized carbons (Fsp3) is 0.467. The number of nitrogens with zero attached hydrogens (tertiary/aromatic N) is 3. The normalized spacial score (nSPS) is 18.7. The Kier molecular flexibility index (Phi) is 8.00. The molecule has 1 amide bonds. The van der Waals surface area contributed by atoms with Gasteiger partial charge in [0.2, 0.25) is 11.8 Å². The van der Waals surface area contributed by atoms with E-state index in [2.05, 4.69) is 10.3 Å². The minimum atomic E-state index is -0.944. The van der Waals surface area contributed by atoms with E-state index in [0.717, 1.165) is 36.7 Å². The smallest absolute Gasteiger partial charge is 0.332 e. The van der Waals surface area contributed by atoms with Gasteiger partial charge in [-0.1, -0.05) is 19.3 Å². The van der Waals surface area contributed by atoms with Crippen molar-refractivity contribution in [2.75, 3.05) is 13.7 Å². The van der Waals surface area contributed by atoms with Gasteiger partial charge in [-0.05, 0) is 56.4 Å². The number of hydrogen-bond acceptors (Lipinski definition) is 8. The van der Waals surface area contributed by atoms with Crippen LogP contribution in [0.4, 0.5) is 4.39 Å². The number of thiophene rings is 1. The molecule has 0 spiro atoms. The van der Waals surface area contributed by atoms with Gasteiger partial charge in [0.05, 0.1) is 36.2 Å². The molecule has 1 aliphatic carbocycles. The topological polar surface area (TPSA) is 118 Å². The fourth-order valence-corrected chi connectivity index (χ4v) is 7.35. The SMILES string of the molecule is COc1ccc(F)cc1[C@H](Cn1c(=O)n(C2CCCNC2=O)c(=O)c2c(C)c(-c3ncco3)sc21)OC1CCCCC1. The summed E-state index contributed by atoms with van der Waals surface area (Å²) in [5.41, 5.74) is -0.0814. The number of rotatable bonds is 8. The molecule has 6 rings (SSSR count). The molecule has 1 unspecified atom stereocenters. The van der Waals surface area contributed by atoms with Crippen LogP contribution in [0.25, 0.3) is 21.0 Å². The van der Waals surface area contributed by atoms with Gasteiger partial charge >= 0.3 is 5.69 Å². The summed E-state index contributed by atoms with van der Waals surface area (Å²) in [5.74, 6) is -0.0586. The molecule has 1 aliphatic heterocycles. The van der Waals surface area contributed by atoms with Gasteiger partial charge < -0.3 is 19.2 Å². The highest BCUT2D eigenvalue weighted by Gasteiger charge is 2.32. The van der Waals surface area contributed by atoms with Gasteiger partial charge in [-0.25, -0.2) is 18.7 Å². The van der Waals surface area contributed by atoms with Crippen molar-refractivity contribution in [3.05, 3.63) is 68.4 Å². The lowest BCUT2D eigenvalue weighted by Gasteiger charge is -2.30. The van der Waals surface area contributed by atoms with Crippen molar-refractivity contribution in [1.29, 1.82) is 0 Å². The highest BCUT2D eigenvalue weighted by Crippen LogP contribution is 2.38. The van der Waals surface area contributed by atoms with Crippen LogP contribution < -0.4 is 21.3 Å². The monoisotopic (exact) mass is 596 g/mol. The van der Waals surface area contributed by atoms with Crippen LogP contribution in [0.1, 0.15) is 68.2 Å². The maximum Gasteiger partial charge on any atom is 0.332 e. The number of benzene rings is 1. The minimum Gasteiger partial charge on any atom is -0.496 e. The fourth-order valence-electron chi connectivity index (χ4n) is 6.11. The first-order valence-corrected chi connectivity index (χ1v) is 15.1. The third-order valence-electron chi connectivity index (χ3n) is 8.23. The predicted octanol–water partition coefficient (Wildman–Crippen LogP) is 4.88. The molecule has 222 valence electrons. The Morgan fingerprint density at radius 2 is 1.98 bits per heavy atom. The van der Waals surface area contributed by atoms with E-state index in [4.69, 9.17) is 13.9 Å². The van der Waals surface area contributed by atoms with Crippen molar-refractivity contribution in [2.24, 2.45) is 0 Å². The molecule has 3 aromatic heterocycles. The number of carbonyl (C=O) groups is 1. The first kappa shape index (κ1) is 28.4. The van der Waals surface area contributed by atoms with E-state index in [9.17, 15) is 18.8 Å². The zero-order chi connectivity index (χ0) is 29.4.